The normalized spacial score (nSPS) is 18.0. The van der Waals surface area contributed by atoms with Gasteiger partial charge in [0.05, 0.1) is 11.8 Å². The molecule has 0 spiro atoms. The monoisotopic (exact) mass is 376 g/mol. The first-order valence-corrected chi connectivity index (χ1v) is 11.2. The maximum absolute atomic E-state index is 12.8. The third-order valence-corrected chi connectivity index (χ3v) is 6.59. The summed E-state index contributed by atoms with van der Waals surface area (Å²) in [6.45, 7) is 4.34. The number of anilines is 2. The lowest BCUT2D eigenvalue weighted by molar-refractivity contribution is 0.438. The van der Waals surface area contributed by atoms with Crippen molar-refractivity contribution >= 4 is 33.9 Å². The molecule has 1 heterocycles. The quantitative estimate of drug-likeness (QED) is 0.807. The fraction of sp³-hybridized carbons (Fsp3) is 0.368. The van der Waals surface area contributed by atoms with Crippen molar-refractivity contribution in [2.45, 2.75) is 29.6 Å². The molecule has 2 aromatic rings. The summed E-state index contributed by atoms with van der Waals surface area (Å²) in [7, 11) is 0. The lowest BCUT2D eigenvalue weighted by atomic mass is 9.98. The van der Waals surface area contributed by atoms with Crippen molar-refractivity contribution in [3.63, 3.8) is 0 Å². The second-order valence-corrected chi connectivity index (χ2v) is 9.08. The van der Waals surface area contributed by atoms with E-state index >= 15 is 0 Å². The third-order valence-electron chi connectivity index (χ3n) is 4.58. The fourth-order valence-corrected chi connectivity index (χ4v) is 4.58. The lowest BCUT2D eigenvalue weighted by Crippen LogP contribution is -2.33. The van der Waals surface area contributed by atoms with Crippen LogP contribution in [-0.4, -0.2) is 28.5 Å². The summed E-state index contributed by atoms with van der Waals surface area (Å²) < 4.78 is 27.5. The molecule has 0 aliphatic carbocycles. The van der Waals surface area contributed by atoms with Gasteiger partial charge in [-0.05, 0) is 54.2 Å². The van der Waals surface area contributed by atoms with Gasteiger partial charge in [0, 0.05) is 13.1 Å². The predicted molar refractivity (Wildman–Crippen MR) is 106 cm³/mol. The molecule has 2 aromatic carbocycles. The Morgan fingerprint density at radius 2 is 1.68 bits per heavy atom. The van der Waals surface area contributed by atoms with Crippen LogP contribution in [0.3, 0.4) is 0 Å². The SMILES string of the molecule is CC1CCN(c2ccccc2N[S+]([O-])c2cccc([S+](C)[O-])c2)CC1. The van der Waals surface area contributed by atoms with E-state index in [4.69, 9.17) is 0 Å². The molecule has 25 heavy (non-hydrogen) atoms. The van der Waals surface area contributed by atoms with Gasteiger partial charge in [0.15, 0.2) is 9.79 Å². The summed E-state index contributed by atoms with van der Waals surface area (Å²) in [5, 5.41) is 0. The summed E-state index contributed by atoms with van der Waals surface area (Å²) in [6.07, 6.45) is 3.99. The summed E-state index contributed by atoms with van der Waals surface area (Å²) in [4.78, 5) is 3.68. The zero-order valence-electron chi connectivity index (χ0n) is 14.6. The second-order valence-electron chi connectivity index (χ2n) is 6.49. The minimum absolute atomic E-state index is 0.634. The van der Waals surface area contributed by atoms with Gasteiger partial charge in [-0.25, -0.2) is 4.72 Å². The largest absolute Gasteiger partial charge is 0.612 e. The molecule has 0 amide bonds. The van der Waals surface area contributed by atoms with Gasteiger partial charge in [-0.1, -0.05) is 25.1 Å². The molecule has 1 fully saturated rings. The molecule has 0 radical (unpaired) electrons. The zero-order valence-corrected chi connectivity index (χ0v) is 16.2. The smallest absolute Gasteiger partial charge is 0.184 e. The van der Waals surface area contributed by atoms with E-state index in [2.05, 4.69) is 22.6 Å². The Morgan fingerprint density at radius 3 is 2.40 bits per heavy atom. The maximum atomic E-state index is 12.8. The van der Waals surface area contributed by atoms with Crippen molar-refractivity contribution in [3.8, 4) is 0 Å². The molecule has 1 aliphatic rings. The van der Waals surface area contributed by atoms with E-state index < -0.39 is 22.5 Å². The van der Waals surface area contributed by atoms with E-state index in [1.54, 1.807) is 30.5 Å². The summed E-state index contributed by atoms with van der Waals surface area (Å²) in [5.41, 5.74) is 1.97. The maximum Gasteiger partial charge on any atom is 0.184 e. The van der Waals surface area contributed by atoms with Gasteiger partial charge in [-0.3, -0.25) is 0 Å². The van der Waals surface area contributed by atoms with E-state index in [1.165, 1.54) is 12.8 Å². The Balaban J connectivity index is 1.77. The highest BCUT2D eigenvalue weighted by Gasteiger charge is 2.21. The van der Waals surface area contributed by atoms with Crippen LogP contribution < -0.4 is 9.62 Å². The molecule has 0 saturated carbocycles. The van der Waals surface area contributed by atoms with Crippen LogP contribution in [0.5, 0.6) is 0 Å². The van der Waals surface area contributed by atoms with Gasteiger partial charge < -0.3 is 14.0 Å². The summed E-state index contributed by atoms with van der Waals surface area (Å²) in [5.74, 6) is 0.767. The van der Waals surface area contributed by atoms with Crippen molar-refractivity contribution in [2.24, 2.45) is 5.92 Å². The first-order chi connectivity index (χ1) is 12.0. The Labute approximate surface area is 156 Å². The highest BCUT2D eigenvalue weighted by molar-refractivity contribution is 7.93. The Kier molecular flexibility index (Phi) is 6.17. The van der Waals surface area contributed by atoms with Crippen molar-refractivity contribution in [1.82, 2.24) is 0 Å². The first kappa shape index (κ1) is 18.5. The molecule has 1 saturated heterocycles. The minimum atomic E-state index is -1.39. The Hall–Kier alpha value is -1.34. The van der Waals surface area contributed by atoms with Crippen molar-refractivity contribution in [2.75, 3.05) is 29.0 Å². The molecule has 0 aromatic heterocycles. The molecule has 2 atom stereocenters. The average molecular weight is 377 g/mol. The fourth-order valence-electron chi connectivity index (χ4n) is 3.01. The first-order valence-electron chi connectivity index (χ1n) is 8.50. The van der Waals surface area contributed by atoms with E-state index in [0.29, 0.717) is 9.79 Å². The topological polar surface area (TPSA) is 61.4 Å². The van der Waals surface area contributed by atoms with Crippen LogP contribution in [0, 0.1) is 5.92 Å². The molecule has 3 rings (SSSR count). The van der Waals surface area contributed by atoms with Gasteiger partial charge in [0.25, 0.3) is 0 Å². The number of nitrogens with one attached hydrogen (secondary N) is 1. The standard InChI is InChI=1S/C19H24N2O2S2/c1-15-10-12-21(13-11-15)19-9-4-3-8-18(19)20-25(23)17-7-5-6-16(14-17)24(2)22/h3-9,14-15,20H,10-13H2,1-2H3. The van der Waals surface area contributed by atoms with E-state index in [9.17, 15) is 9.11 Å². The Morgan fingerprint density at radius 1 is 1.00 bits per heavy atom. The van der Waals surface area contributed by atoms with Crippen LogP contribution in [-0.2, 0) is 22.5 Å². The zero-order chi connectivity index (χ0) is 17.8. The highest BCUT2D eigenvalue weighted by Crippen LogP contribution is 2.31. The van der Waals surface area contributed by atoms with Crippen molar-refractivity contribution in [3.05, 3.63) is 48.5 Å². The van der Waals surface area contributed by atoms with Crippen LogP contribution in [0.25, 0.3) is 0 Å². The van der Waals surface area contributed by atoms with Crippen LogP contribution in [0.1, 0.15) is 19.8 Å². The molecule has 134 valence electrons. The molecule has 1 aliphatic heterocycles. The van der Waals surface area contributed by atoms with Gasteiger partial charge in [-0.2, -0.15) is 0 Å². The summed E-state index contributed by atoms with van der Waals surface area (Å²) >= 11 is -2.48. The van der Waals surface area contributed by atoms with E-state index in [1.807, 2.05) is 18.2 Å². The molecule has 2 unspecified atom stereocenters. The molecular weight excluding hydrogens is 352 g/mol. The van der Waals surface area contributed by atoms with Gasteiger partial charge >= 0.3 is 0 Å². The number of para-hydroxylation sites is 2. The predicted octanol–water partition coefficient (Wildman–Crippen LogP) is 3.80. The second kappa shape index (κ2) is 8.36. The average Bonchev–Trinajstić information content (AvgIpc) is 2.63. The minimum Gasteiger partial charge on any atom is -0.612 e. The molecule has 6 heteroatoms. The molecular formula is C19H24N2O2S2. The summed E-state index contributed by atoms with van der Waals surface area (Å²) in [6, 6.07) is 15.1. The van der Waals surface area contributed by atoms with E-state index in [-0.39, 0.29) is 0 Å². The van der Waals surface area contributed by atoms with Gasteiger partial charge in [-0.15, -0.1) is 0 Å². The highest BCUT2D eigenvalue weighted by atomic mass is 32.2. The number of hydrogen-bond donors (Lipinski definition) is 1. The van der Waals surface area contributed by atoms with Crippen LogP contribution in [0.2, 0.25) is 0 Å². The van der Waals surface area contributed by atoms with E-state index in [0.717, 1.165) is 30.4 Å². The Bertz CT molecular complexity index is 703. The van der Waals surface area contributed by atoms with Gasteiger partial charge in [0.1, 0.15) is 23.3 Å². The van der Waals surface area contributed by atoms with Crippen LogP contribution in [0.15, 0.2) is 58.3 Å². The molecule has 0 bridgehead atoms. The molecule has 1 N–H and O–H groups in total. The van der Waals surface area contributed by atoms with Gasteiger partial charge in [0.2, 0.25) is 0 Å². The van der Waals surface area contributed by atoms with Crippen molar-refractivity contribution in [1.29, 1.82) is 0 Å². The number of nitrogens with zero attached hydrogens (tertiary/aromatic N) is 1. The number of rotatable bonds is 5. The van der Waals surface area contributed by atoms with Crippen molar-refractivity contribution < 1.29 is 9.11 Å². The number of hydrogen-bond acceptors (Lipinski definition) is 4. The third kappa shape index (κ3) is 4.64. The number of benzene rings is 2. The van der Waals surface area contributed by atoms with Crippen LogP contribution >= 0.6 is 0 Å². The molecule has 4 nitrogen and oxygen atoms in total. The number of piperidine rings is 1. The van der Waals surface area contributed by atoms with Crippen LogP contribution in [0.4, 0.5) is 11.4 Å². The lowest BCUT2D eigenvalue weighted by Gasteiger charge is -2.33.